The second-order valence-electron chi connectivity index (χ2n) is 4.48. The average molecular weight is 274 g/mol. The van der Waals surface area contributed by atoms with Crippen molar-refractivity contribution in [1.29, 1.82) is 0 Å². The van der Waals surface area contributed by atoms with Crippen LogP contribution in [0.2, 0.25) is 0 Å². The molecule has 0 radical (unpaired) electrons. The summed E-state index contributed by atoms with van der Waals surface area (Å²) in [7, 11) is 0. The van der Waals surface area contributed by atoms with Crippen LogP contribution in [-0.2, 0) is 13.0 Å². The molecule has 0 unspecified atom stereocenters. The van der Waals surface area contributed by atoms with E-state index in [2.05, 4.69) is 23.7 Å². The van der Waals surface area contributed by atoms with Crippen molar-refractivity contribution in [2.45, 2.75) is 26.8 Å². The van der Waals surface area contributed by atoms with Crippen LogP contribution < -0.4 is 11.1 Å². The van der Waals surface area contributed by atoms with E-state index in [0.29, 0.717) is 17.8 Å². The molecule has 1 aromatic heterocycles. The predicted molar refractivity (Wildman–Crippen MR) is 80.5 cm³/mol. The van der Waals surface area contributed by atoms with Crippen LogP contribution in [0.1, 0.15) is 33.3 Å². The lowest BCUT2D eigenvalue weighted by molar-refractivity contribution is 0.0951. The first kappa shape index (κ1) is 13.6. The molecule has 100 valence electrons. The highest BCUT2D eigenvalue weighted by Gasteiger charge is 2.08. The van der Waals surface area contributed by atoms with Crippen molar-refractivity contribution in [1.82, 2.24) is 5.32 Å². The zero-order chi connectivity index (χ0) is 13.8. The lowest BCUT2D eigenvalue weighted by Crippen LogP contribution is -2.22. The number of hydrogen-bond donors (Lipinski definition) is 2. The van der Waals surface area contributed by atoms with Crippen molar-refractivity contribution < 1.29 is 4.79 Å². The Morgan fingerprint density at radius 3 is 2.84 bits per heavy atom. The maximum atomic E-state index is 12.0. The van der Waals surface area contributed by atoms with Crippen LogP contribution in [-0.4, -0.2) is 5.91 Å². The quantitative estimate of drug-likeness (QED) is 0.842. The van der Waals surface area contributed by atoms with Crippen LogP contribution in [0, 0.1) is 6.92 Å². The average Bonchev–Trinajstić information content (AvgIpc) is 2.86. The second kappa shape index (κ2) is 5.89. The predicted octanol–water partition coefficient (Wildman–Crippen LogP) is 3.13. The summed E-state index contributed by atoms with van der Waals surface area (Å²) < 4.78 is 0. The Morgan fingerprint density at radius 1 is 1.37 bits per heavy atom. The molecule has 0 aliphatic heterocycles. The summed E-state index contributed by atoms with van der Waals surface area (Å²) in [5, 5.41) is 5.00. The molecule has 4 heteroatoms. The maximum absolute atomic E-state index is 12.0. The van der Waals surface area contributed by atoms with Crippen molar-refractivity contribution in [2.75, 3.05) is 5.73 Å². The molecule has 19 heavy (non-hydrogen) atoms. The molecule has 0 bridgehead atoms. The van der Waals surface area contributed by atoms with Crippen LogP contribution in [0.3, 0.4) is 0 Å². The fourth-order valence-electron chi connectivity index (χ4n) is 1.88. The number of nitrogen functional groups attached to an aromatic ring is 1. The summed E-state index contributed by atoms with van der Waals surface area (Å²) in [6, 6.07) is 7.50. The number of nitrogens with two attached hydrogens (primary N) is 1. The van der Waals surface area contributed by atoms with E-state index >= 15 is 0 Å². The van der Waals surface area contributed by atoms with Gasteiger partial charge in [0, 0.05) is 16.1 Å². The van der Waals surface area contributed by atoms with E-state index < -0.39 is 0 Å². The number of anilines is 1. The van der Waals surface area contributed by atoms with Gasteiger partial charge in [0.05, 0.1) is 6.54 Å². The van der Waals surface area contributed by atoms with Crippen LogP contribution in [0.15, 0.2) is 29.6 Å². The Hall–Kier alpha value is -1.81. The van der Waals surface area contributed by atoms with Gasteiger partial charge in [-0.1, -0.05) is 13.0 Å². The van der Waals surface area contributed by atoms with Crippen molar-refractivity contribution >= 4 is 22.9 Å². The Balaban J connectivity index is 2.03. The minimum absolute atomic E-state index is 0.0813. The molecule has 3 nitrogen and oxygen atoms in total. The molecule has 1 heterocycles. The summed E-state index contributed by atoms with van der Waals surface area (Å²) in [6.45, 7) is 4.62. The van der Waals surface area contributed by atoms with Gasteiger partial charge in [-0.2, -0.15) is 0 Å². The van der Waals surface area contributed by atoms with E-state index in [9.17, 15) is 4.79 Å². The Labute approximate surface area is 117 Å². The summed E-state index contributed by atoms with van der Waals surface area (Å²) in [6.07, 6.45) is 0.992. The third-order valence-electron chi connectivity index (χ3n) is 3.17. The van der Waals surface area contributed by atoms with Gasteiger partial charge in [0.25, 0.3) is 5.91 Å². The van der Waals surface area contributed by atoms with Gasteiger partial charge >= 0.3 is 0 Å². The van der Waals surface area contributed by atoms with E-state index in [0.717, 1.165) is 12.0 Å². The smallest absolute Gasteiger partial charge is 0.251 e. The highest BCUT2D eigenvalue weighted by molar-refractivity contribution is 7.10. The van der Waals surface area contributed by atoms with Crippen LogP contribution in [0.4, 0.5) is 5.69 Å². The van der Waals surface area contributed by atoms with Gasteiger partial charge in [0.15, 0.2) is 0 Å². The Bertz CT molecular complexity index is 590. The number of aryl methyl sites for hydroxylation is 2. The molecule has 0 saturated heterocycles. The normalized spacial score (nSPS) is 10.4. The van der Waals surface area contributed by atoms with Gasteiger partial charge in [-0.3, -0.25) is 4.79 Å². The monoisotopic (exact) mass is 274 g/mol. The maximum Gasteiger partial charge on any atom is 0.251 e. The molecule has 0 aliphatic rings. The zero-order valence-electron chi connectivity index (χ0n) is 11.2. The van der Waals surface area contributed by atoms with Gasteiger partial charge < -0.3 is 11.1 Å². The topological polar surface area (TPSA) is 55.1 Å². The SMILES string of the molecule is CCc1ccsc1CNC(=O)c1ccc(C)c(N)c1. The number of carbonyl (C=O) groups excluding carboxylic acids is 1. The lowest BCUT2D eigenvalue weighted by Gasteiger charge is -2.07. The summed E-state index contributed by atoms with van der Waals surface area (Å²) >= 11 is 1.68. The molecule has 0 saturated carbocycles. The summed E-state index contributed by atoms with van der Waals surface area (Å²) in [5.41, 5.74) is 9.37. The molecular weight excluding hydrogens is 256 g/mol. The van der Waals surface area contributed by atoms with Gasteiger partial charge in [-0.05, 0) is 48.1 Å². The molecule has 2 aromatic rings. The van der Waals surface area contributed by atoms with Gasteiger partial charge in [-0.15, -0.1) is 11.3 Å². The van der Waals surface area contributed by atoms with Crippen LogP contribution in [0.25, 0.3) is 0 Å². The molecule has 1 aromatic carbocycles. The fourth-order valence-corrected chi connectivity index (χ4v) is 2.80. The molecule has 0 spiro atoms. The number of benzene rings is 1. The third-order valence-corrected chi connectivity index (χ3v) is 4.13. The number of rotatable bonds is 4. The zero-order valence-corrected chi connectivity index (χ0v) is 12.0. The van der Waals surface area contributed by atoms with Crippen molar-refractivity contribution in [2.24, 2.45) is 0 Å². The summed E-state index contributed by atoms with van der Waals surface area (Å²) in [4.78, 5) is 13.3. The Morgan fingerprint density at radius 2 is 2.16 bits per heavy atom. The minimum Gasteiger partial charge on any atom is -0.398 e. The minimum atomic E-state index is -0.0813. The summed E-state index contributed by atoms with van der Waals surface area (Å²) in [5.74, 6) is -0.0813. The van der Waals surface area contributed by atoms with Gasteiger partial charge in [0.1, 0.15) is 0 Å². The number of hydrogen-bond acceptors (Lipinski definition) is 3. The number of carbonyl (C=O) groups is 1. The highest BCUT2D eigenvalue weighted by atomic mass is 32.1. The van der Waals surface area contributed by atoms with E-state index in [1.165, 1.54) is 10.4 Å². The molecule has 3 N–H and O–H groups in total. The number of amides is 1. The van der Waals surface area contributed by atoms with Gasteiger partial charge in [-0.25, -0.2) is 0 Å². The van der Waals surface area contributed by atoms with Crippen molar-refractivity contribution in [3.05, 3.63) is 51.2 Å². The highest BCUT2D eigenvalue weighted by Crippen LogP contribution is 2.17. The first-order valence-corrected chi connectivity index (χ1v) is 7.19. The van der Waals surface area contributed by atoms with Crippen LogP contribution >= 0.6 is 11.3 Å². The Kier molecular flexibility index (Phi) is 4.22. The lowest BCUT2D eigenvalue weighted by atomic mass is 10.1. The van der Waals surface area contributed by atoms with E-state index in [-0.39, 0.29) is 5.91 Å². The van der Waals surface area contributed by atoms with Crippen LogP contribution in [0.5, 0.6) is 0 Å². The third kappa shape index (κ3) is 3.15. The van der Waals surface area contributed by atoms with Gasteiger partial charge in [0.2, 0.25) is 0 Å². The second-order valence-corrected chi connectivity index (χ2v) is 5.48. The molecule has 1 amide bonds. The van der Waals surface area contributed by atoms with Crippen molar-refractivity contribution in [3.63, 3.8) is 0 Å². The largest absolute Gasteiger partial charge is 0.398 e. The molecule has 2 rings (SSSR count). The molecular formula is C15H18N2OS. The van der Waals surface area contributed by atoms with E-state index in [4.69, 9.17) is 5.73 Å². The molecule has 0 aliphatic carbocycles. The first-order valence-electron chi connectivity index (χ1n) is 6.31. The van der Waals surface area contributed by atoms with Crippen molar-refractivity contribution in [3.8, 4) is 0 Å². The number of nitrogens with one attached hydrogen (secondary N) is 1. The standard InChI is InChI=1S/C15H18N2OS/c1-3-11-6-7-19-14(11)9-17-15(18)12-5-4-10(2)13(16)8-12/h4-8H,3,9,16H2,1-2H3,(H,17,18). The van der Waals surface area contributed by atoms with E-state index in [1.54, 1.807) is 23.5 Å². The fraction of sp³-hybridized carbons (Fsp3) is 0.267. The number of thiophene rings is 1. The van der Waals surface area contributed by atoms with E-state index in [1.807, 2.05) is 13.0 Å². The first-order chi connectivity index (χ1) is 9.11. The molecule has 0 atom stereocenters. The molecule has 0 fully saturated rings.